The Morgan fingerprint density at radius 2 is 1.91 bits per heavy atom. The van der Waals surface area contributed by atoms with E-state index in [9.17, 15) is 9.59 Å². The van der Waals surface area contributed by atoms with Gasteiger partial charge in [-0.2, -0.15) is 0 Å². The highest BCUT2D eigenvalue weighted by Gasteiger charge is 2.38. The predicted octanol–water partition coefficient (Wildman–Crippen LogP) is 4.10. The Hall–Kier alpha value is -2.82. The van der Waals surface area contributed by atoms with E-state index in [2.05, 4.69) is 0 Å². The molecule has 0 bridgehead atoms. The largest absolute Gasteiger partial charge is 0.465 e. The molecule has 2 heterocycles. The number of para-hydroxylation sites is 1. The number of ether oxygens (including phenoxy) is 1. The lowest BCUT2D eigenvalue weighted by Crippen LogP contribution is -2.38. The van der Waals surface area contributed by atoms with Gasteiger partial charge in [-0.25, -0.2) is 9.69 Å². The first-order valence-corrected chi connectivity index (χ1v) is 7.29. The van der Waals surface area contributed by atoms with E-state index in [1.165, 1.54) is 6.26 Å². The molecule has 5 nitrogen and oxygen atoms in total. The lowest BCUT2D eigenvalue weighted by atomic mass is 10.1. The number of nitrogens with zero attached hydrogens (tertiary/aromatic N) is 1. The van der Waals surface area contributed by atoms with Gasteiger partial charge in [0.1, 0.15) is 11.4 Å². The van der Waals surface area contributed by atoms with Gasteiger partial charge in [-0.15, -0.1) is 0 Å². The zero-order chi connectivity index (χ0) is 16.6. The molecular weight excluding hydrogens is 294 g/mol. The van der Waals surface area contributed by atoms with E-state index in [1.807, 2.05) is 6.07 Å². The number of rotatable bonds is 1. The Labute approximate surface area is 134 Å². The second-order valence-electron chi connectivity index (χ2n) is 6.21. The molecule has 0 N–H and O–H groups in total. The van der Waals surface area contributed by atoms with E-state index in [0.29, 0.717) is 22.6 Å². The van der Waals surface area contributed by atoms with Crippen molar-refractivity contribution in [3.05, 3.63) is 54.0 Å². The fraction of sp³-hybridized carbons (Fsp3) is 0.222. The fourth-order valence-corrected chi connectivity index (χ4v) is 2.39. The molecule has 0 spiro atoms. The Bertz CT molecular complexity index is 782. The molecule has 1 aliphatic rings. The predicted molar refractivity (Wildman–Crippen MR) is 86.7 cm³/mol. The number of hydrogen-bond acceptors (Lipinski definition) is 4. The molecule has 0 atom stereocenters. The van der Waals surface area contributed by atoms with Crippen LogP contribution in [0.5, 0.6) is 0 Å². The summed E-state index contributed by atoms with van der Waals surface area (Å²) in [5, 5.41) is 0. The average Bonchev–Trinajstić information content (AvgIpc) is 3.05. The van der Waals surface area contributed by atoms with Gasteiger partial charge in [0.2, 0.25) is 0 Å². The number of carbonyl (C=O) groups excluding carboxylic acids is 2. The summed E-state index contributed by atoms with van der Waals surface area (Å²) in [4.78, 5) is 26.2. The van der Waals surface area contributed by atoms with Gasteiger partial charge in [0.05, 0.1) is 17.5 Å². The van der Waals surface area contributed by atoms with Crippen LogP contribution in [0.1, 0.15) is 32.1 Å². The topological polar surface area (TPSA) is 59.8 Å². The van der Waals surface area contributed by atoms with Crippen LogP contribution in [0.15, 0.2) is 47.1 Å². The lowest BCUT2D eigenvalue weighted by Gasteiger charge is -2.23. The number of fused-ring (bicyclic) bond motifs is 1. The molecule has 0 unspecified atom stereocenters. The Kier molecular flexibility index (Phi) is 3.56. The second-order valence-corrected chi connectivity index (χ2v) is 6.21. The molecule has 3 rings (SSSR count). The van der Waals surface area contributed by atoms with Crippen LogP contribution in [0.25, 0.3) is 11.6 Å². The van der Waals surface area contributed by atoms with E-state index in [-0.39, 0.29) is 0 Å². The number of hydrogen-bond donors (Lipinski definition) is 0. The van der Waals surface area contributed by atoms with Crippen molar-refractivity contribution in [1.82, 2.24) is 0 Å². The molecule has 5 heteroatoms. The van der Waals surface area contributed by atoms with E-state index in [0.717, 1.165) is 4.90 Å². The van der Waals surface area contributed by atoms with Crippen LogP contribution in [0.4, 0.5) is 10.5 Å². The quantitative estimate of drug-likeness (QED) is 0.744. The molecule has 0 aliphatic carbocycles. The minimum Gasteiger partial charge on any atom is -0.465 e. The number of furan rings is 1. The zero-order valence-electron chi connectivity index (χ0n) is 13.2. The molecular formula is C18H17NO4. The maximum absolute atomic E-state index is 12.7. The smallest absolute Gasteiger partial charge is 0.422 e. The van der Waals surface area contributed by atoms with E-state index in [4.69, 9.17) is 9.15 Å². The average molecular weight is 311 g/mol. The van der Waals surface area contributed by atoms with Crippen LogP contribution in [-0.2, 0) is 9.53 Å². The van der Waals surface area contributed by atoms with Crippen LogP contribution >= 0.6 is 0 Å². The van der Waals surface area contributed by atoms with Crippen LogP contribution in [-0.4, -0.2) is 17.6 Å². The summed E-state index contributed by atoms with van der Waals surface area (Å²) in [6.45, 7) is 5.28. The summed E-state index contributed by atoms with van der Waals surface area (Å²) < 4.78 is 10.6. The summed E-state index contributed by atoms with van der Waals surface area (Å²) >= 11 is 0. The lowest BCUT2D eigenvalue weighted by molar-refractivity contribution is -0.112. The summed E-state index contributed by atoms with van der Waals surface area (Å²) in [7, 11) is 0. The molecule has 2 aromatic rings. The Morgan fingerprint density at radius 1 is 1.17 bits per heavy atom. The first kappa shape index (κ1) is 15.1. The minimum atomic E-state index is -0.683. The van der Waals surface area contributed by atoms with Crippen molar-refractivity contribution >= 4 is 29.3 Å². The Morgan fingerprint density at radius 3 is 2.57 bits per heavy atom. The van der Waals surface area contributed by atoms with Gasteiger partial charge in [0, 0.05) is 5.56 Å². The number of imide groups is 1. The maximum atomic E-state index is 12.7. The SMILES string of the molecule is CC(C)(C)OC(=O)N1C(=O)/C(=C/c2ccco2)c2ccccc21. The van der Waals surface area contributed by atoms with Crippen molar-refractivity contribution in [1.29, 1.82) is 0 Å². The van der Waals surface area contributed by atoms with Gasteiger partial charge in [0.15, 0.2) is 0 Å². The number of benzene rings is 1. The van der Waals surface area contributed by atoms with Gasteiger partial charge in [0.25, 0.3) is 5.91 Å². The van der Waals surface area contributed by atoms with Gasteiger partial charge in [-0.1, -0.05) is 18.2 Å². The first-order valence-electron chi connectivity index (χ1n) is 7.29. The first-order chi connectivity index (χ1) is 10.9. The molecule has 118 valence electrons. The summed E-state index contributed by atoms with van der Waals surface area (Å²) in [5.74, 6) is 0.131. The van der Waals surface area contributed by atoms with Gasteiger partial charge >= 0.3 is 6.09 Å². The van der Waals surface area contributed by atoms with Crippen molar-refractivity contribution in [2.75, 3.05) is 4.90 Å². The van der Waals surface area contributed by atoms with E-state index < -0.39 is 17.6 Å². The molecule has 1 aliphatic heterocycles. The van der Waals surface area contributed by atoms with Crippen molar-refractivity contribution in [2.24, 2.45) is 0 Å². The Balaban J connectivity index is 2.04. The third-order valence-corrected chi connectivity index (χ3v) is 3.27. The van der Waals surface area contributed by atoms with Crippen LogP contribution in [0.2, 0.25) is 0 Å². The van der Waals surface area contributed by atoms with Crippen LogP contribution in [0.3, 0.4) is 0 Å². The highest BCUT2D eigenvalue weighted by molar-refractivity contribution is 6.41. The van der Waals surface area contributed by atoms with Crippen LogP contribution < -0.4 is 4.90 Å². The minimum absolute atomic E-state index is 0.404. The number of anilines is 1. The molecule has 0 saturated carbocycles. The van der Waals surface area contributed by atoms with E-state index in [1.54, 1.807) is 57.2 Å². The van der Waals surface area contributed by atoms with E-state index >= 15 is 0 Å². The van der Waals surface area contributed by atoms with Gasteiger partial charge < -0.3 is 9.15 Å². The molecule has 0 radical (unpaired) electrons. The normalized spacial score (nSPS) is 15.9. The maximum Gasteiger partial charge on any atom is 0.422 e. The molecule has 2 amide bonds. The van der Waals surface area contributed by atoms with Gasteiger partial charge in [-0.3, -0.25) is 4.79 Å². The van der Waals surface area contributed by atoms with Crippen molar-refractivity contribution in [3.8, 4) is 0 Å². The summed E-state index contributed by atoms with van der Waals surface area (Å²) in [5.41, 5.74) is 0.922. The standard InChI is InChI=1S/C18H17NO4/c1-18(2,3)23-17(21)19-15-9-5-4-8-13(15)14(16(19)20)11-12-7-6-10-22-12/h4-11H,1-3H3/b14-11+. The monoisotopic (exact) mass is 311 g/mol. The third kappa shape index (κ3) is 2.90. The van der Waals surface area contributed by atoms with Crippen molar-refractivity contribution in [3.63, 3.8) is 0 Å². The summed E-state index contributed by atoms with van der Waals surface area (Å²) in [6.07, 6.45) is 2.48. The molecule has 0 fully saturated rings. The number of carbonyl (C=O) groups is 2. The zero-order valence-corrected chi connectivity index (χ0v) is 13.2. The second kappa shape index (κ2) is 5.43. The van der Waals surface area contributed by atoms with Crippen molar-refractivity contribution in [2.45, 2.75) is 26.4 Å². The van der Waals surface area contributed by atoms with Gasteiger partial charge in [-0.05, 0) is 45.0 Å². The highest BCUT2D eigenvalue weighted by Crippen LogP contribution is 2.38. The third-order valence-electron chi connectivity index (χ3n) is 3.27. The summed E-state index contributed by atoms with van der Waals surface area (Å²) in [6, 6.07) is 10.6. The van der Waals surface area contributed by atoms with Crippen molar-refractivity contribution < 1.29 is 18.7 Å². The highest BCUT2D eigenvalue weighted by atomic mass is 16.6. The molecule has 23 heavy (non-hydrogen) atoms. The molecule has 0 saturated heterocycles. The fourth-order valence-electron chi connectivity index (χ4n) is 2.39. The molecule has 1 aromatic heterocycles. The van der Waals surface area contributed by atoms with Crippen LogP contribution in [0, 0.1) is 0 Å². The molecule has 1 aromatic carbocycles. The number of amides is 2.